The summed E-state index contributed by atoms with van der Waals surface area (Å²) in [5.74, 6) is -2.55. The molecule has 1 fully saturated rings. The first-order valence-corrected chi connectivity index (χ1v) is 5.58. The van der Waals surface area contributed by atoms with Gasteiger partial charge in [0.05, 0.1) is 5.56 Å². The van der Waals surface area contributed by atoms with Gasteiger partial charge in [-0.3, -0.25) is 19.8 Å². The highest BCUT2D eigenvalue weighted by atomic mass is 16.4. The van der Waals surface area contributed by atoms with Gasteiger partial charge in [-0.15, -0.1) is 0 Å². The first kappa shape index (κ1) is 13.5. The number of carboxylic acids is 1. The number of amides is 4. The van der Waals surface area contributed by atoms with E-state index in [4.69, 9.17) is 5.11 Å². The van der Waals surface area contributed by atoms with Crippen LogP contribution in [0.15, 0.2) is 29.8 Å². The van der Waals surface area contributed by atoms with Crippen molar-refractivity contribution >= 4 is 29.9 Å². The van der Waals surface area contributed by atoms with Crippen molar-refractivity contribution in [1.82, 2.24) is 10.2 Å². The normalized spacial score (nSPS) is 17.4. The molecule has 0 spiro atoms. The van der Waals surface area contributed by atoms with Gasteiger partial charge in [-0.05, 0) is 23.8 Å². The summed E-state index contributed by atoms with van der Waals surface area (Å²) < 4.78 is 0. The topological polar surface area (TPSA) is 104 Å². The average Bonchev–Trinajstić information content (AvgIpc) is 2.42. The van der Waals surface area contributed by atoms with Crippen LogP contribution < -0.4 is 5.32 Å². The number of imide groups is 2. The van der Waals surface area contributed by atoms with E-state index in [2.05, 4.69) is 0 Å². The minimum atomic E-state index is -1.07. The molecule has 2 N–H and O–H groups in total. The lowest BCUT2D eigenvalue weighted by Crippen LogP contribution is -2.52. The van der Waals surface area contributed by atoms with Crippen molar-refractivity contribution in [1.29, 1.82) is 0 Å². The Bertz CT molecular complexity index is 645. The molecule has 0 unspecified atom stereocenters. The van der Waals surface area contributed by atoms with Gasteiger partial charge in [0.1, 0.15) is 5.57 Å². The van der Waals surface area contributed by atoms with Crippen LogP contribution in [0.3, 0.4) is 0 Å². The SMILES string of the molecule is CN1C(=O)NC(=O)C(=Cc2ccc(C(=O)O)cc2)C1=O. The fourth-order valence-electron chi connectivity index (χ4n) is 1.63. The number of hydrogen-bond donors (Lipinski definition) is 2. The summed E-state index contributed by atoms with van der Waals surface area (Å²) in [6.07, 6.45) is 1.30. The maximum Gasteiger partial charge on any atom is 0.335 e. The largest absolute Gasteiger partial charge is 0.478 e. The summed E-state index contributed by atoms with van der Waals surface area (Å²) in [6.45, 7) is 0. The van der Waals surface area contributed by atoms with Crippen molar-refractivity contribution in [3.05, 3.63) is 41.0 Å². The number of urea groups is 1. The van der Waals surface area contributed by atoms with Crippen molar-refractivity contribution in [2.75, 3.05) is 7.05 Å². The number of carboxylic acid groups (broad SMARTS) is 1. The maximum absolute atomic E-state index is 11.8. The van der Waals surface area contributed by atoms with Gasteiger partial charge in [-0.1, -0.05) is 12.1 Å². The molecule has 1 saturated heterocycles. The van der Waals surface area contributed by atoms with Crippen LogP contribution in [0.25, 0.3) is 6.08 Å². The third-order valence-corrected chi connectivity index (χ3v) is 2.77. The van der Waals surface area contributed by atoms with Gasteiger partial charge < -0.3 is 5.11 Å². The molecule has 0 saturated carbocycles. The van der Waals surface area contributed by atoms with Gasteiger partial charge in [0, 0.05) is 7.05 Å². The molecule has 1 aromatic carbocycles. The number of carbonyl (C=O) groups excluding carboxylic acids is 3. The summed E-state index contributed by atoms with van der Waals surface area (Å²) in [5, 5.41) is 10.8. The molecule has 1 heterocycles. The van der Waals surface area contributed by atoms with Crippen molar-refractivity contribution in [2.45, 2.75) is 0 Å². The number of benzene rings is 1. The maximum atomic E-state index is 11.8. The van der Waals surface area contributed by atoms with Crippen molar-refractivity contribution < 1.29 is 24.3 Å². The lowest BCUT2D eigenvalue weighted by Gasteiger charge is -2.22. The van der Waals surface area contributed by atoms with Crippen molar-refractivity contribution in [3.63, 3.8) is 0 Å². The van der Waals surface area contributed by atoms with E-state index in [0.717, 1.165) is 4.90 Å². The minimum absolute atomic E-state index is 0.0962. The van der Waals surface area contributed by atoms with Gasteiger partial charge in [-0.2, -0.15) is 0 Å². The van der Waals surface area contributed by atoms with Gasteiger partial charge in [0.15, 0.2) is 0 Å². The number of hydrogen-bond acceptors (Lipinski definition) is 4. The summed E-state index contributed by atoms with van der Waals surface area (Å²) in [5.41, 5.74) is 0.394. The van der Waals surface area contributed by atoms with Gasteiger partial charge in [-0.25, -0.2) is 9.59 Å². The monoisotopic (exact) mass is 274 g/mol. The predicted octanol–water partition coefficient (Wildman–Crippen LogP) is 0.476. The van der Waals surface area contributed by atoms with Crippen LogP contribution in [0.4, 0.5) is 4.79 Å². The number of barbiturate groups is 1. The molecule has 20 heavy (non-hydrogen) atoms. The molecule has 1 aromatic rings. The Hall–Kier alpha value is -2.96. The Morgan fingerprint density at radius 3 is 2.35 bits per heavy atom. The quantitative estimate of drug-likeness (QED) is 0.603. The van der Waals surface area contributed by atoms with E-state index in [-0.39, 0.29) is 11.1 Å². The van der Waals surface area contributed by atoms with E-state index >= 15 is 0 Å². The van der Waals surface area contributed by atoms with E-state index in [9.17, 15) is 19.2 Å². The highest BCUT2D eigenvalue weighted by Gasteiger charge is 2.32. The van der Waals surface area contributed by atoms with Gasteiger partial charge in [0.2, 0.25) is 0 Å². The third-order valence-electron chi connectivity index (χ3n) is 2.77. The molecule has 0 radical (unpaired) electrons. The Labute approximate surface area is 113 Å². The van der Waals surface area contributed by atoms with E-state index in [1.165, 1.54) is 37.4 Å². The smallest absolute Gasteiger partial charge is 0.335 e. The molecular weight excluding hydrogens is 264 g/mol. The minimum Gasteiger partial charge on any atom is -0.478 e. The van der Waals surface area contributed by atoms with E-state index in [0.29, 0.717) is 5.56 Å². The van der Waals surface area contributed by atoms with Gasteiger partial charge in [0.25, 0.3) is 11.8 Å². The van der Waals surface area contributed by atoms with Crippen LogP contribution in [-0.2, 0) is 9.59 Å². The molecule has 0 aromatic heterocycles. The molecule has 0 bridgehead atoms. The van der Waals surface area contributed by atoms with Gasteiger partial charge >= 0.3 is 12.0 Å². The predicted molar refractivity (Wildman–Crippen MR) is 67.7 cm³/mol. The number of rotatable bonds is 2. The van der Waals surface area contributed by atoms with Crippen LogP contribution in [0, 0.1) is 0 Å². The Kier molecular flexibility index (Phi) is 3.34. The van der Waals surface area contributed by atoms with Crippen LogP contribution in [0.1, 0.15) is 15.9 Å². The van der Waals surface area contributed by atoms with Crippen molar-refractivity contribution in [3.8, 4) is 0 Å². The lowest BCUT2D eigenvalue weighted by atomic mass is 10.1. The van der Waals surface area contributed by atoms with E-state index in [1.807, 2.05) is 5.32 Å². The molecule has 102 valence electrons. The zero-order valence-corrected chi connectivity index (χ0v) is 10.4. The molecule has 2 rings (SSSR count). The fourth-order valence-corrected chi connectivity index (χ4v) is 1.63. The second-order valence-corrected chi connectivity index (χ2v) is 4.11. The second-order valence-electron chi connectivity index (χ2n) is 4.11. The average molecular weight is 274 g/mol. The number of aromatic carboxylic acids is 1. The molecule has 1 aliphatic heterocycles. The molecule has 1 aliphatic rings. The fraction of sp³-hybridized carbons (Fsp3) is 0.0769. The highest BCUT2D eigenvalue weighted by Crippen LogP contribution is 2.14. The number of nitrogens with zero attached hydrogens (tertiary/aromatic N) is 1. The molecule has 0 aliphatic carbocycles. The van der Waals surface area contributed by atoms with Crippen LogP contribution in [0.5, 0.6) is 0 Å². The standard InChI is InChI=1S/C13H10N2O5/c1-15-11(17)9(10(16)14-13(15)20)6-7-2-4-8(5-3-7)12(18)19/h2-6H,1H3,(H,18,19)(H,14,16,20). The highest BCUT2D eigenvalue weighted by molar-refractivity contribution is 6.30. The zero-order chi connectivity index (χ0) is 14.9. The Morgan fingerprint density at radius 2 is 1.80 bits per heavy atom. The molecular formula is C13H10N2O5. The first-order valence-electron chi connectivity index (χ1n) is 5.58. The van der Waals surface area contributed by atoms with Crippen LogP contribution in [-0.4, -0.2) is 40.9 Å². The van der Waals surface area contributed by atoms with E-state index < -0.39 is 23.8 Å². The summed E-state index contributed by atoms with van der Waals surface area (Å²) in [4.78, 5) is 46.1. The van der Waals surface area contributed by atoms with Crippen LogP contribution in [0.2, 0.25) is 0 Å². The Balaban J connectivity index is 2.34. The summed E-state index contributed by atoms with van der Waals surface area (Å²) >= 11 is 0. The Morgan fingerprint density at radius 1 is 1.20 bits per heavy atom. The van der Waals surface area contributed by atoms with E-state index in [1.54, 1.807) is 0 Å². The molecule has 0 atom stereocenters. The molecule has 7 heteroatoms. The second kappa shape index (κ2) is 4.96. The molecule has 7 nitrogen and oxygen atoms in total. The number of carbonyl (C=O) groups is 4. The van der Waals surface area contributed by atoms with Crippen molar-refractivity contribution in [2.24, 2.45) is 0 Å². The summed E-state index contributed by atoms with van der Waals surface area (Å²) in [6, 6.07) is 4.86. The summed E-state index contributed by atoms with van der Waals surface area (Å²) in [7, 11) is 1.26. The zero-order valence-electron chi connectivity index (χ0n) is 10.4. The molecule has 4 amide bonds. The van der Waals surface area contributed by atoms with Crippen LogP contribution >= 0.6 is 0 Å². The number of likely N-dealkylation sites (N-methyl/N-ethyl adjacent to an activating group) is 1. The first-order chi connectivity index (χ1) is 9.40. The third kappa shape index (κ3) is 2.41. The lowest BCUT2D eigenvalue weighted by molar-refractivity contribution is -0.129. The number of nitrogens with one attached hydrogen (secondary N) is 1.